The first-order valence-corrected chi connectivity index (χ1v) is 10.7. The summed E-state index contributed by atoms with van der Waals surface area (Å²) in [4.78, 5) is 13.1. The van der Waals surface area contributed by atoms with Gasteiger partial charge in [0.05, 0.1) is 0 Å². The molecule has 0 saturated heterocycles. The van der Waals surface area contributed by atoms with Crippen LogP contribution in [0.15, 0.2) is 65.5 Å². The normalized spacial score (nSPS) is 12.4. The zero-order valence-electron chi connectivity index (χ0n) is 16.5. The Morgan fingerprint density at radius 3 is 2.18 bits per heavy atom. The van der Waals surface area contributed by atoms with Crippen LogP contribution in [0.5, 0.6) is 11.5 Å². The maximum absolute atomic E-state index is 13.1. The van der Waals surface area contributed by atoms with Gasteiger partial charge in [0, 0.05) is 20.2 Å². The fourth-order valence-corrected chi connectivity index (χ4v) is 4.43. The topological polar surface area (TPSA) is 26.3 Å². The van der Waals surface area contributed by atoms with Gasteiger partial charge >= 0.3 is 0 Å². The molecule has 0 saturated carbocycles. The second-order valence-corrected chi connectivity index (χ2v) is 8.34. The molecule has 0 amide bonds. The zero-order chi connectivity index (χ0) is 19.7. The lowest BCUT2D eigenvalue weighted by Gasteiger charge is -2.11. The van der Waals surface area contributed by atoms with Gasteiger partial charge in [-0.25, -0.2) is 0 Å². The second-order valence-electron chi connectivity index (χ2n) is 7.25. The van der Waals surface area contributed by atoms with E-state index in [0.29, 0.717) is 11.7 Å². The highest BCUT2D eigenvalue weighted by atomic mass is 32.1. The molecule has 28 heavy (non-hydrogen) atoms. The van der Waals surface area contributed by atoms with E-state index in [1.165, 1.54) is 11.1 Å². The molecule has 1 aromatic heterocycles. The van der Waals surface area contributed by atoms with Gasteiger partial charge in [-0.05, 0) is 72.4 Å². The predicted octanol–water partition coefficient (Wildman–Crippen LogP) is 7.28. The molecule has 3 aromatic carbocycles. The molecule has 0 aliphatic heterocycles. The van der Waals surface area contributed by atoms with Crippen LogP contribution in [-0.4, -0.2) is 0 Å². The van der Waals surface area contributed by atoms with Gasteiger partial charge in [0.25, 0.3) is 0 Å². The summed E-state index contributed by atoms with van der Waals surface area (Å²) in [6, 6.07) is 20.2. The fraction of sp³-hybridized carbons (Fsp3) is 0.240. The number of hydrogen-bond donors (Lipinski definition) is 0. The Labute approximate surface area is 169 Å². The number of benzene rings is 3. The van der Waals surface area contributed by atoms with Crippen LogP contribution >= 0.6 is 11.3 Å². The average molecular weight is 389 g/mol. The van der Waals surface area contributed by atoms with Crippen molar-refractivity contribution in [1.82, 2.24) is 0 Å². The Morgan fingerprint density at radius 2 is 1.50 bits per heavy atom. The van der Waals surface area contributed by atoms with Crippen LogP contribution in [-0.2, 0) is 6.42 Å². The summed E-state index contributed by atoms with van der Waals surface area (Å²) in [6.07, 6.45) is 2.04. The highest BCUT2D eigenvalue weighted by Crippen LogP contribution is 2.30. The summed E-state index contributed by atoms with van der Waals surface area (Å²) in [5.74, 6) is 2.02. The minimum atomic E-state index is 0.0802. The Morgan fingerprint density at radius 1 is 0.857 bits per heavy atom. The van der Waals surface area contributed by atoms with Gasteiger partial charge in [-0.2, -0.15) is 0 Å². The van der Waals surface area contributed by atoms with Crippen molar-refractivity contribution in [3.8, 4) is 11.5 Å². The first kappa shape index (κ1) is 18.7. The number of rotatable bonds is 5. The first-order valence-electron chi connectivity index (χ1n) is 9.86. The molecular formula is C25H24O2S. The van der Waals surface area contributed by atoms with Crippen molar-refractivity contribution in [3.63, 3.8) is 0 Å². The highest BCUT2D eigenvalue weighted by molar-refractivity contribution is 7.24. The molecule has 2 nitrogen and oxygen atoms in total. The maximum atomic E-state index is 13.1. The number of hydrogen-bond acceptors (Lipinski definition) is 3. The molecule has 142 valence electrons. The van der Waals surface area contributed by atoms with Crippen LogP contribution in [0, 0.1) is 0 Å². The van der Waals surface area contributed by atoms with Gasteiger partial charge in [0.2, 0.25) is 0 Å². The Balaban J connectivity index is 1.71. The van der Waals surface area contributed by atoms with E-state index in [1.807, 2.05) is 36.4 Å². The van der Waals surface area contributed by atoms with Gasteiger partial charge < -0.3 is 4.74 Å². The highest BCUT2D eigenvalue weighted by Gasteiger charge is 2.09. The molecule has 0 N–H and O–H groups in total. The molecule has 1 heterocycles. The molecule has 0 radical (unpaired) electrons. The lowest BCUT2D eigenvalue weighted by Crippen LogP contribution is -2.02. The van der Waals surface area contributed by atoms with Crippen molar-refractivity contribution in [2.45, 2.75) is 39.5 Å². The molecule has 1 atom stereocenters. The van der Waals surface area contributed by atoms with E-state index in [2.05, 4.69) is 45.0 Å². The molecule has 1 unspecified atom stereocenters. The van der Waals surface area contributed by atoms with Gasteiger partial charge in [-0.3, -0.25) is 4.79 Å². The Bertz CT molecular complexity index is 1190. The third-order valence-electron chi connectivity index (χ3n) is 5.41. The SMILES string of the molecule is CCc1ccc2sc3ccc(Oc4ccc(C(C)CC)cc4)cc3c(=O)c2c1. The molecule has 0 aliphatic carbocycles. The third-order valence-corrected chi connectivity index (χ3v) is 6.56. The fourth-order valence-electron chi connectivity index (χ4n) is 3.40. The zero-order valence-corrected chi connectivity index (χ0v) is 17.3. The summed E-state index contributed by atoms with van der Waals surface area (Å²) in [6.45, 7) is 6.53. The molecule has 0 fully saturated rings. The van der Waals surface area contributed by atoms with Crippen molar-refractivity contribution in [3.05, 3.63) is 82.0 Å². The van der Waals surface area contributed by atoms with Gasteiger partial charge in [-0.1, -0.05) is 39.0 Å². The largest absolute Gasteiger partial charge is 0.457 e. The second kappa shape index (κ2) is 7.76. The van der Waals surface area contributed by atoms with Crippen molar-refractivity contribution in [1.29, 1.82) is 0 Å². The van der Waals surface area contributed by atoms with E-state index >= 15 is 0 Å². The Hall–Kier alpha value is -2.65. The average Bonchev–Trinajstić information content (AvgIpc) is 2.74. The van der Waals surface area contributed by atoms with Crippen molar-refractivity contribution in [2.24, 2.45) is 0 Å². The van der Waals surface area contributed by atoms with Crippen LogP contribution in [0.3, 0.4) is 0 Å². The van der Waals surface area contributed by atoms with E-state index in [0.717, 1.165) is 38.8 Å². The third kappa shape index (κ3) is 3.55. The number of fused-ring (bicyclic) bond motifs is 2. The first-order chi connectivity index (χ1) is 13.6. The van der Waals surface area contributed by atoms with Gasteiger partial charge in [-0.15, -0.1) is 11.3 Å². The molecule has 4 aromatic rings. The summed E-state index contributed by atoms with van der Waals surface area (Å²) in [5.41, 5.74) is 2.58. The monoisotopic (exact) mass is 388 g/mol. The van der Waals surface area contributed by atoms with Crippen molar-refractivity contribution < 1.29 is 4.74 Å². The van der Waals surface area contributed by atoms with Crippen LogP contribution in [0.1, 0.15) is 44.2 Å². The van der Waals surface area contributed by atoms with Crippen molar-refractivity contribution in [2.75, 3.05) is 0 Å². The van der Waals surface area contributed by atoms with Gasteiger partial charge in [0.15, 0.2) is 5.43 Å². The molecule has 3 heteroatoms. The molecular weight excluding hydrogens is 364 g/mol. The number of ether oxygens (including phenoxy) is 1. The lowest BCUT2D eigenvalue weighted by molar-refractivity contribution is 0.483. The predicted molar refractivity (Wildman–Crippen MR) is 120 cm³/mol. The molecule has 0 spiro atoms. The van der Waals surface area contributed by atoms with Crippen molar-refractivity contribution >= 4 is 31.5 Å². The van der Waals surface area contributed by atoms with E-state index < -0.39 is 0 Å². The smallest absolute Gasteiger partial charge is 0.196 e. The maximum Gasteiger partial charge on any atom is 0.196 e. The van der Waals surface area contributed by atoms with Crippen LogP contribution in [0.2, 0.25) is 0 Å². The molecule has 0 aliphatic rings. The Kier molecular flexibility index (Phi) is 5.19. The van der Waals surface area contributed by atoms with E-state index in [9.17, 15) is 4.79 Å². The number of aryl methyl sites for hydroxylation is 1. The quantitative estimate of drug-likeness (QED) is 0.336. The summed E-state index contributed by atoms with van der Waals surface area (Å²) >= 11 is 1.65. The van der Waals surface area contributed by atoms with E-state index in [-0.39, 0.29) is 5.43 Å². The lowest BCUT2D eigenvalue weighted by atomic mass is 9.99. The standard InChI is InChI=1S/C25H24O2S/c1-4-16(3)18-7-9-19(10-8-18)27-20-11-13-24-22(15-20)25(26)21-14-17(5-2)6-12-23(21)28-24/h6-16H,4-5H2,1-3H3. The molecule has 4 rings (SSSR count). The van der Waals surface area contributed by atoms with Crippen LogP contribution < -0.4 is 10.2 Å². The van der Waals surface area contributed by atoms with E-state index in [1.54, 1.807) is 11.3 Å². The van der Waals surface area contributed by atoms with Crippen LogP contribution in [0.4, 0.5) is 0 Å². The summed E-state index contributed by atoms with van der Waals surface area (Å²) in [7, 11) is 0. The molecule has 0 bridgehead atoms. The van der Waals surface area contributed by atoms with E-state index in [4.69, 9.17) is 4.74 Å². The van der Waals surface area contributed by atoms with Gasteiger partial charge in [0.1, 0.15) is 11.5 Å². The summed E-state index contributed by atoms with van der Waals surface area (Å²) in [5, 5.41) is 1.52. The van der Waals surface area contributed by atoms with Crippen LogP contribution in [0.25, 0.3) is 20.2 Å². The summed E-state index contributed by atoms with van der Waals surface area (Å²) < 4.78 is 8.05. The minimum absolute atomic E-state index is 0.0802. The minimum Gasteiger partial charge on any atom is -0.457 e.